The Kier molecular flexibility index (Phi) is 3.31. The summed E-state index contributed by atoms with van der Waals surface area (Å²) >= 11 is 5.92. The Morgan fingerprint density at radius 2 is 1.58 bits per heavy atom. The van der Waals surface area contributed by atoms with Crippen LogP contribution in [0.15, 0.2) is 35.2 Å². The molecule has 0 saturated carbocycles. The van der Waals surface area contributed by atoms with Crippen LogP contribution in [0.2, 0.25) is 0 Å². The van der Waals surface area contributed by atoms with E-state index in [1.54, 1.807) is 30.3 Å². The Balaban J connectivity index is 3.17. The average Bonchev–Trinajstić information content (AvgIpc) is 2.06. The van der Waals surface area contributed by atoms with Gasteiger partial charge in [-0.3, -0.25) is 0 Å². The van der Waals surface area contributed by atoms with Gasteiger partial charge in [-0.25, -0.2) is 8.42 Å². The number of benzene rings is 1. The molecule has 1 aromatic carbocycles. The van der Waals surface area contributed by atoms with E-state index in [1.807, 2.05) is 0 Å². The van der Waals surface area contributed by atoms with Gasteiger partial charge in [0.1, 0.15) is 0 Å². The lowest BCUT2D eigenvalue weighted by Crippen LogP contribution is -2.07. The smallest absolute Gasteiger partial charge is 0.201 e. The molecule has 0 radical (unpaired) electrons. The molecule has 1 aromatic rings. The number of alkyl halides is 2. The van der Waals surface area contributed by atoms with E-state index in [2.05, 4.69) is 31.9 Å². The maximum atomic E-state index is 11.4. The van der Waals surface area contributed by atoms with Gasteiger partial charge in [0, 0.05) is 0 Å². The summed E-state index contributed by atoms with van der Waals surface area (Å²) in [6, 6.07) is 8.27. The highest BCUT2D eigenvalue weighted by atomic mass is 79.9. The molecule has 0 unspecified atom stereocenters. The molecular formula is C7H6Br2O2S. The summed E-state index contributed by atoms with van der Waals surface area (Å²) in [4.78, 5) is 0.309. The Labute approximate surface area is 88.2 Å². The maximum Gasteiger partial charge on any atom is 0.201 e. The number of rotatable bonds is 2. The van der Waals surface area contributed by atoms with Crippen molar-refractivity contribution in [3.8, 4) is 0 Å². The summed E-state index contributed by atoms with van der Waals surface area (Å²) < 4.78 is 22.2. The van der Waals surface area contributed by atoms with E-state index in [4.69, 9.17) is 0 Å². The number of halogens is 2. The quantitative estimate of drug-likeness (QED) is 0.786. The van der Waals surface area contributed by atoms with Crippen LogP contribution in [0.1, 0.15) is 0 Å². The third-order valence-electron chi connectivity index (χ3n) is 1.31. The highest BCUT2D eigenvalue weighted by Gasteiger charge is 2.21. The topological polar surface area (TPSA) is 34.1 Å². The van der Waals surface area contributed by atoms with E-state index in [-0.39, 0.29) is 0 Å². The van der Waals surface area contributed by atoms with E-state index in [9.17, 15) is 8.42 Å². The molecule has 0 bridgehead atoms. The summed E-state index contributed by atoms with van der Waals surface area (Å²) in [5.74, 6) is 0. The Hall–Kier alpha value is 0.130. The van der Waals surface area contributed by atoms with Crippen LogP contribution in [0.25, 0.3) is 0 Å². The van der Waals surface area contributed by atoms with Crippen LogP contribution in [0.4, 0.5) is 0 Å². The number of hydrogen-bond donors (Lipinski definition) is 0. The standard InChI is InChI=1S/C7H6Br2O2S/c8-7(9)12(10,11)6-4-2-1-3-5-6/h1-5,7H. The van der Waals surface area contributed by atoms with Crippen LogP contribution >= 0.6 is 31.9 Å². The van der Waals surface area contributed by atoms with Gasteiger partial charge in [-0.05, 0) is 12.1 Å². The molecule has 1 rings (SSSR count). The van der Waals surface area contributed by atoms with Gasteiger partial charge in [0.2, 0.25) is 9.84 Å². The highest BCUT2D eigenvalue weighted by Crippen LogP contribution is 2.23. The lowest BCUT2D eigenvalue weighted by Gasteiger charge is -2.03. The average molecular weight is 314 g/mol. The molecule has 0 spiro atoms. The van der Waals surface area contributed by atoms with Crippen LogP contribution in [0.5, 0.6) is 0 Å². The number of hydrogen-bond acceptors (Lipinski definition) is 2. The van der Waals surface area contributed by atoms with Crippen molar-refractivity contribution in [1.29, 1.82) is 0 Å². The van der Waals surface area contributed by atoms with Gasteiger partial charge in [-0.1, -0.05) is 50.1 Å². The fraction of sp³-hybridized carbons (Fsp3) is 0.143. The Bertz CT molecular complexity index is 345. The van der Waals surface area contributed by atoms with E-state index < -0.39 is 12.9 Å². The second-order valence-corrected chi connectivity index (χ2v) is 8.42. The Morgan fingerprint density at radius 3 is 2.00 bits per heavy atom. The molecule has 0 N–H and O–H groups in total. The minimum Gasteiger partial charge on any atom is -0.222 e. The van der Waals surface area contributed by atoms with Crippen molar-refractivity contribution in [3.05, 3.63) is 30.3 Å². The molecule has 0 aliphatic heterocycles. The highest BCUT2D eigenvalue weighted by molar-refractivity contribution is 9.27. The zero-order valence-electron chi connectivity index (χ0n) is 5.94. The van der Waals surface area contributed by atoms with Gasteiger partial charge in [0.05, 0.1) is 4.90 Å². The van der Waals surface area contributed by atoms with Gasteiger partial charge in [-0.15, -0.1) is 0 Å². The van der Waals surface area contributed by atoms with Crippen molar-refractivity contribution in [2.75, 3.05) is 0 Å². The van der Waals surface area contributed by atoms with Gasteiger partial charge in [0.15, 0.2) is 3.07 Å². The van der Waals surface area contributed by atoms with Gasteiger partial charge >= 0.3 is 0 Å². The van der Waals surface area contributed by atoms with Gasteiger partial charge in [0.25, 0.3) is 0 Å². The van der Waals surface area contributed by atoms with Crippen molar-refractivity contribution in [3.63, 3.8) is 0 Å². The van der Waals surface area contributed by atoms with Gasteiger partial charge in [-0.2, -0.15) is 0 Å². The minimum atomic E-state index is -3.24. The third-order valence-corrected chi connectivity index (χ3v) is 5.66. The molecule has 5 heteroatoms. The normalized spacial score (nSPS) is 11.9. The fourth-order valence-electron chi connectivity index (χ4n) is 0.713. The summed E-state index contributed by atoms with van der Waals surface area (Å²) in [6.07, 6.45) is 0. The fourth-order valence-corrected chi connectivity index (χ4v) is 2.75. The summed E-state index contributed by atoms with van der Waals surface area (Å²) in [7, 11) is -3.24. The van der Waals surface area contributed by atoms with Crippen LogP contribution in [0.3, 0.4) is 0 Å². The largest absolute Gasteiger partial charge is 0.222 e. The second-order valence-electron chi connectivity index (χ2n) is 2.12. The zero-order valence-corrected chi connectivity index (χ0v) is 9.93. The zero-order chi connectivity index (χ0) is 9.19. The second kappa shape index (κ2) is 3.89. The van der Waals surface area contributed by atoms with Crippen molar-refractivity contribution in [2.24, 2.45) is 0 Å². The minimum absolute atomic E-state index is 0.309. The first-order valence-electron chi connectivity index (χ1n) is 3.12. The SMILES string of the molecule is O=S(=O)(c1ccccc1)C(Br)Br. The maximum absolute atomic E-state index is 11.4. The van der Waals surface area contributed by atoms with Crippen LogP contribution in [0, 0.1) is 0 Å². The van der Waals surface area contributed by atoms with Crippen molar-refractivity contribution < 1.29 is 8.42 Å². The number of sulfone groups is 1. The molecule has 0 heterocycles. The first-order valence-corrected chi connectivity index (χ1v) is 6.50. The van der Waals surface area contributed by atoms with Crippen LogP contribution < -0.4 is 0 Å². The summed E-state index contributed by atoms with van der Waals surface area (Å²) in [5.41, 5.74) is 0. The summed E-state index contributed by atoms with van der Waals surface area (Å²) in [6.45, 7) is 0. The predicted octanol–water partition coefficient (Wildman–Crippen LogP) is 2.53. The summed E-state index contributed by atoms with van der Waals surface area (Å²) in [5, 5.41) is 0. The first kappa shape index (κ1) is 10.2. The molecule has 66 valence electrons. The van der Waals surface area contributed by atoms with E-state index in [0.29, 0.717) is 4.90 Å². The van der Waals surface area contributed by atoms with E-state index in [1.165, 1.54) is 0 Å². The van der Waals surface area contributed by atoms with E-state index >= 15 is 0 Å². The molecule has 12 heavy (non-hydrogen) atoms. The lowest BCUT2D eigenvalue weighted by atomic mass is 10.4. The molecule has 0 saturated heterocycles. The molecule has 0 fully saturated rings. The lowest BCUT2D eigenvalue weighted by molar-refractivity contribution is 0.600. The van der Waals surface area contributed by atoms with Crippen molar-refractivity contribution in [2.45, 2.75) is 7.96 Å². The van der Waals surface area contributed by atoms with Gasteiger partial charge < -0.3 is 0 Å². The molecule has 0 aromatic heterocycles. The van der Waals surface area contributed by atoms with E-state index in [0.717, 1.165) is 0 Å². The molecule has 0 aliphatic carbocycles. The van der Waals surface area contributed by atoms with Crippen LogP contribution in [-0.2, 0) is 9.84 Å². The molecule has 2 nitrogen and oxygen atoms in total. The first-order chi connectivity index (χ1) is 5.55. The molecule has 0 atom stereocenters. The molecule has 0 aliphatic rings. The monoisotopic (exact) mass is 312 g/mol. The van der Waals surface area contributed by atoms with Crippen molar-refractivity contribution in [1.82, 2.24) is 0 Å². The van der Waals surface area contributed by atoms with Crippen molar-refractivity contribution >= 4 is 41.7 Å². The third kappa shape index (κ3) is 2.08. The molecular weight excluding hydrogens is 308 g/mol. The van der Waals surface area contributed by atoms with Crippen LogP contribution in [-0.4, -0.2) is 11.5 Å². The predicted molar refractivity (Wildman–Crippen MR) is 55.3 cm³/mol. The molecule has 0 amide bonds. The Morgan fingerprint density at radius 1 is 1.08 bits per heavy atom.